The normalized spacial score (nSPS) is 12.0. The molecule has 2 aromatic rings. The van der Waals surface area contributed by atoms with Crippen LogP contribution in [-0.2, 0) is 19.3 Å². The first-order valence-corrected chi connectivity index (χ1v) is 9.43. The summed E-state index contributed by atoms with van der Waals surface area (Å²) < 4.78 is 37.8. The molecule has 0 unspecified atom stereocenters. The molecule has 2 rings (SSSR count). The maximum Gasteiger partial charge on any atom is 0.434 e. The van der Waals surface area contributed by atoms with Crippen molar-refractivity contribution in [2.75, 3.05) is 20.6 Å². The van der Waals surface area contributed by atoms with E-state index >= 15 is 0 Å². The Kier molecular flexibility index (Phi) is 7.38. The Hall–Kier alpha value is -2.62. The first kappa shape index (κ1) is 21.7. The second kappa shape index (κ2) is 9.54. The lowest BCUT2D eigenvalue weighted by Gasteiger charge is -2.11. The molecule has 0 atom stereocenters. The molecule has 0 aliphatic rings. The molecule has 0 saturated heterocycles. The largest absolute Gasteiger partial charge is 0.434 e. The quantitative estimate of drug-likeness (QED) is 0.564. The molecule has 0 fully saturated rings. The number of carbonyl (C=O) groups is 1. The van der Waals surface area contributed by atoms with E-state index in [0.29, 0.717) is 29.6 Å². The minimum Gasteiger partial charge on any atom is -0.357 e. The highest BCUT2D eigenvalue weighted by Gasteiger charge is 2.33. The van der Waals surface area contributed by atoms with Crippen molar-refractivity contribution in [2.45, 2.75) is 26.2 Å². The zero-order chi connectivity index (χ0) is 20.7. The monoisotopic (exact) mass is 413 g/mol. The third kappa shape index (κ3) is 6.22. The summed E-state index contributed by atoms with van der Waals surface area (Å²) in [5, 5.41) is 7.33. The summed E-state index contributed by atoms with van der Waals surface area (Å²) in [6.45, 7) is 3.00. The van der Waals surface area contributed by atoms with Crippen molar-refractivity contribution in [3.63, 3.8) is 0 Å². The Balaban J connectivity index is 1.98. The van der Waals surface area contributed by atoms with Crippen LogP contribution in [0.25, 0.3) is 0 Å². The van der Waals surface area contributed by atoms with Gasteiger partial charge in [0.25, 0.3) is 5.91 Å². The fourth-order valence-corrected chi connectivity index (χ4v) is 2.95. The first-order chi connectivity index (χ1) is 13.2. The topological polar surface area (TPSA) is 69.6 Å². The molecule has 28 heavy (non-hydrogen) atoms. The lowest BCUT2D eigenvalue weighted by atomic mass is 10.1. The van der Waals surface area contributed by atoms with Gasteiger partial charge in [0.05, 0.1) is 13.1 Å². The van der Waals surface area contributed by atoms with Crippen LogP contribution in [0.5, 0.6) is 0 Å². The average molecular weight is 413 g/mol. The molecular formula is C18H22F3N5OS. The predicted octanol–water partition coefficient (Wildman–Crippen LogP) is 3.12. The maximum absolute atomic E-state index is 12.6. The van der Waals surface area contributed by atoms with Gasteiger partial charge in [0.1, 0.15) is 5.01 Å². The Morgan fingerprint density at radius 3 is 2.43 bits per heavy atom. The number of guanidine groups is 1. The summed E-state index contributed by atoms with van der Waals surface area (Å²) in [5.74, 6) is 0.395. The number of carbonyl (C=O) groups excluding carboxylic acids is 1. The number of nitrogens with zero attached hydrogens (tertiary/aromatic N) is 3. The van der Waals surface area contributed by atoms with Crippen molar-refractivity contribution < 1.29 is 18.0 Å². The molecule has 0 saturated carbocycles. The number of amides is 1. The number of thiazole rings is 1. The van der Waals surface area contributed by atoms with E-state index in [1.165, 1.54) is 4.90 Å². The van der Waals surface area contributed by atoms with Gasteiger partial charge in [-0.2, -0.15) is 13.2 Å². The third-order valence-electron chi connectivity index (χ3n) is 3.62. The van der Waals surface area contributed by atoms with Gasteiger partial charge in [-0.25, -0.2) is 9.98 Å². The van der Waals surface area contributed by atoms with Crippen LogP contribution in [-0.4, -0.2) is 42.4 Å². The second-order valence-electron chi connectivity index (χ2n) is 6.07. The molecule has 152 valence electrons. The molecule has 0 aliphatic heterocycles. The van der Waals surface area contributed by atoms with Gasteiger partial charge in [0.15, 0.2) is 11.7 Å². The van der Waals surface area contributed by atoms with Gasteiger partial charge in [-0.05, 0) is 24.6 Å². The number of aliphatic imine (C=N–C) groups is 1. The summed E-state index contributed by atoms with van der Waals surface area (Å²) >= 11 is 0.945. The number of halogens is 3. The Morgan fingerprint density at radius 2 is 1.89 bits per heavy atom. The van der Waals surface area contributed by atoms with Gasteiger partial charge < -0.3 is 15.5 Å². The second-order valence-corrected chi connectivity index (χ2v) is 7.01. The van der Waals surface area contributed by atoms with Crippen LogP contribution in [0.4, 0.5) is 13.2 Å². The van der Waals surface area contributed by atoms with E-state index in [-0.39, 0.29) is 12.5 Å². The van der Waals surface area contributed by atoms with E-state index in [1.54, 1.807) is 26.2 Å². The van der Waals surface area contributed by atoms with Gasteiger partial charge in [-0.15, -0.1) is 11.3 Å². The summed E-state index contributed by atoms with van der Waals surface area (Å²) in [6.07, 6.45) is -4.44. The first-order valence-electron chi connectivity index (χ1n) is 8.55. The smallest absolute Gasteiger partial charge is 0.357 e. The van der Waals surface area contributed by atoms with E-state index in [2.05, 4.69) is 20.6 Å². The van der Waals surface area contributed by atoms with Crippen LogP contribution >= 0.6 is 11.3 Å². The average Bonchev–Trinajstić information content (AvgIpc) is 3.13. The van der Waals surface area contributed by atoms with Gasteiger partial charge in [0.2, 0.25) is 0 Å². The zero-order valence-electron chi connectivity index (χ0n) is 15.8. The van der Waals surface area contributed by atoms with E-state index in [1.807, 2.05) is 19.1 Å². The highest BCUT2D eigenvalue weighted by Crippen LogP contribution is 2.29. The fraction of sp³-hybridized carbons (Fsp3) is 0.389. The van der Waals surface area contributed by atoms with E-state index in [4.69, 9.17) is 0 Å². The lowest BCUT2D eigenvalue weighted by Crippen LogP contribution is -2.36. The molecule has 1 heterocycles. The lowest BCUT2D eigenvalue weighted by molar-refractivity contribution is -0.140. The van der Waals surface area contributed by atoms with Crippen LogP contribution in [0.2, 0.25) is 0 Å². The van der Waals surface area contributed by atoms with Gasteiger partial charge in [-0.3, -0.25) is 4.79 Å². The van der Waals surface area contributed by atoms with E-state index in [0.717, 1.165) is 22.3 Å². The number of rotatable bonds is 6. The summed E-state index contributed by atoms with van der Waals surface area (Å²) in [4.78, 5) is 21.4. The summed E-state index contributed by atoms with van der Waals surface area (Å²) in [6, 6.07) is 7.12. The molecule has 6 nitrogen and oxygen atoms in total. The summed E-state index contributed by atoms with van der Waals surface area (Å²) in [7, 11) is 3.38. The highest BCUT2D eigenvalue weighted by atomic mass is 32.1. The highest BCUT2D eigenvalue weighted by molar-refractivity contribution is 7.09. The van der Waals surface area contributed by atoms with E-state index < -0.39 is 11.9 Å². The van der Waals surface area contributed by atoms with Crippen LogP contribution in [0, 0.1) is 0 Å². The Bertz CT molecular complexity index is 815. The zero-order valence-corrected chi connectivity index (χ0v) is 16.6. The molecule has 0 radical (unpaired) electrons. The molecule has 2 N–H and O–H groups in total. The predicted molar refractivity (Wildman–Crippen MR) is 103 cm³/mol. The minimum atomic E-state index is -4.44. The van der Waals surface area contributed by atoms with Gasteiger partial charge in [-0.1, -0.05) is 12.1 Å². The SMILES string of the molecule is CCNC(=NCc1ccc(C(=O)N(C)C)cc1)NCc1nc(C(F)(F)F)cs1. The molecular weight excluding hydrogens is 391 g/mol. The van der Waals surface area contributed by atoms with Crippen LogP contribution in [0.3, 0.4) is 0 Å². The fourth-order valence-electron chi connectivity index (χ4n) is 2.20. The van der Waals surface area contributed by atoms with E-state index in [9.17, 15) is 18.0 Å². The molecule has 10 heteroatoms. The number of hydrogen-bond donors (Lipinski definition) is 2. The van der Waals surface area contributed by atoms with Crippen molar-refractivity contribution in [3.05, 3.63) is 51.5 Å². The maximum atomic E-state index is 12.6. The number of nitrogens with one attached hydrogen (secondary N) is 2. The molecule has 0 spiro atoms. The molecule has 1 amide bonds. The number of hydrogen-bond acceptors (Lipinski definition) is 4. The van der Waals surface area contributed by atoms with Gasteiger partial charge >= 0.3 is 6.18 Å². The number of aromatic nitrogens is 1. The standard InChI is InChI=1S/C18H22F3N5OS/c1-4-22-17(24-10-15-25-14(11-28-15)18(19,20)21)23-9-12-5-7-13(8-6-12)16(27)26(2)3/h5-8,11H,4,9-10H2,1-3H3,(H2,22,23,24). The van der Waals surface area contributed by atoms with Crippen molar-refractivity contribution in [1.29, 1.82) is 0 Å². The number of benzene rings is 1. The molecule has 0 aliphatic carbocycles. The molecule has 1 aromatic heterocycles. The third-order valence-corrected chi connectivity index (χ3v) is 4.47. The van der Waals surface area contributed by atoms with Crippen molar-refractivity contribution >= 4 is 23.2 Å². The van der Waals surface area contributed by atoms with Crippen molar-refractivity contribution in [1.82, 2.24) is 20.5 Å². The Labute approximate surface area is 165 Å². The summed E-state index contributed by atoms with van der Waals surface area (Å²) in [5.41, 5.74) is 0.608. The van der Waals surface area contributed by atoms with Crippen LogP contribution in [0.1, 0.15) is 33.5 Å². The Morgan fingerprint density at radius 1 is 1.21 bits per heavy atom. The van der Waals surface area contributed by atoms with Gasteiger partial charge in [0, 0.05) is 31.6 Å². The van der Waals surface area contributed by atoms with Crippen LogP contribution < -0.4 is 10.6 Å². The minimum absolute atomic E-state index is 0.0771. The van der Waals surface area contributed by atoms with Crippen molar-refractivity contribution in [2.24, 2.45) is 4.99 Å². The van der Waals surface area contributed by atoms with Crippen molar-refractivity contribution in [3.8, 4) is 0 Å². The molecule has 1 aromatic carbocycles. The van der Waals surface area contributed by atoms with Crippen LogP contribution in [0.15, 0.2) is 34.6 Å². The number of alkyl halides is 3. The molecule has 0 bridgehead atoms.